The monoisotopic (exact) mass is 385 g/mol. The number of nitrogens with one attached hydrogen (secondary N) is 1. The highest BCUT2D eigenvalue weighted by molar-refractivity contribution is 9.10. The lowest BCUT2D eigenvalue weighted by Crippen LogP contribution is -2.22. The minimum absolute atomic E-state index is 0.208. The Hall–Kier alpha value is -0.350. The van der Waals surface area contributed by atoms with Gasteiger partial charge in [0.15, 0.2) is 0 Å². The van der Waals surface area contributed by atoms with E-state index in [4.69, 9.17) is 11.6 Å². The maximum absolute atomic E-state index is 6.21. The van der Waals surface area contributed by atoms with Gasteiger partial charge in [-0.1, -0.05) is 56.6 Å². The fourth-order valence-corrected chi connectivity index (χ4v) is 4.09. The summed E-state index contributed by atoms with van der Waals surface area (Å²) in [6.45, 7) is 7.61. The molecule has 0 amide bonds. The highest BCUT2D eigenvalue weighted by Gasteiger charge is 2.17. The van der Waals surface area contributed by atoms with Gasteiger partial charge in [-0.2, -0.15) is 0 Å². The minimum atomic E-state index is 0.208. The summed E-state index contributed by atoms with van der Waals surface area (Å²) in [6, 6.07) is 11.2. The lowest BCUT2D eigenvalue weighted by Gasteiger charge is -2.18. The second-order valence-corrected chi connectivity index (χ2v) is 8.02. The van der Waals surface area contributed by atoms with Gasteiger partial charge in [0.1, 0.15) is 4.34 Å². The third kappa shape index (κ3) is 4.32. The predicted molar refractivity (Wildman–Crippen MR) is 97.7 cm³/mol. The Morgan fingerprint density at radius 2 is 1.81 bits per heavy atom. The number of thiophene rings is 1. The molecule has 114 valence electrons. The predicted octanol–water partition coefficient (Wildman–Crippen LogP) is 6.38. The topological polar surface area (TPSA) is 12.0 Å². The molecule has 1 N–H and O–H groups in total. The lowest BCUT2D eigenvalue weighted by molar-refractivity contribution is 0.605. The van der Waals surface area contributed by atoms with E-state index in [-0.39, 0.29) is 6.04 Å². The van der Waals surface area contributed by atoms with Crippen LogP contribution in [-0.4, -0.2) is 6.54 Å². The van der Waals surface area contributed by atoms with E-state index < -0.39 is 0 Å². The van der Waals surface area contributed by atoms with Crippen molar-refractivity contribution < 1.29 is 0 Å². The van der Waals surface area contributed by atoms with E-state index in [1.165, 1.54) is 16.0 Å². The molecule has 0 bridgehead atoms. The number of halogens is 2. The van der Waals surface area contributed by atoms with E-state index >= 15 is 0 Å². The molecule has 1 heterocycles. The molecule has 1 aromatic heterocycles. The van der Waals surface area contributed by atoms with Crippen LogP contribution in [0.15, 0.2) is 34.8 Å². The van der Waals surface area contributed by atoms with Crippen LogP contribution in [0.25, 0.3) is 0 Å². The van der Waals surface area contributed by atoms with Crippen molar-refractivity contribution in [1.29, 1.82) is 0 Å². The number of hydrogen-bond acceptors (Lipinski definition) is 2. The first-order chi connectivity index (χ1) is 10.0. The average Bonchev–Trinajstić information content (AvgIpc) is 2.79. The van der Waals surface area contributed by atoms with Crippen molar-refractivity contribution in [2.75, 3.05) is 6.54 Å². The quantitative estimate of drug-likeness (QED) is 0.607. The third-order valence-corrected chi connectivity index (χ3v) is 6.02. The first-order valence-corrected chi connectivity index (χ1v) is 9.29. The van der Waals surface area contributed by atoms with Crippen molar-refractivity contribution in [1.82, 2.24) is 5.32 Å². The molecule has 1 aromatic carbocycles. The fraction of sp³-hybridized carbons (Fsp3) is 0.412. The van der Waals surface area contributed by atoms with Crippen LogP contribution in [0.1, 0.15) is 55.2 Å². The van der Waals surface area contributed by atoms with E-state index in [2.05, 4.69) is 72.3 Å². The van der Waals surface area contributed by atoms with E-state index in [9.17, 15) is 0 Å². The van der Waals surface area contributed by atoms with Gasteiger partial charge in [0.2, 0.25) is 0 Å². The molecule has 4 heteroatoms. The molecule has 0 saturated carbocycles. The molecule has 0 spiro atoms. The molecular formula is C17H21BrClNS. The van der Waals surface area contributed by atoms with Gasteiger partial charge in [-0.15, -0.1) is 11.3 Å². The van der Waals surface area contributed by atoms with Crippen molar-refractivity contribution in [3.05, 3.63) is 55.1 Å². The van der Waals surface area contributed by atoms with E-state index in [1.807, 2.05) is 0 Å². The Labute approximate surface area is 144 Å². The highest BCUT2D eigenvalue weighted by atomic mass is 79.9. The zero-order chi connectivity index (χ0) is 15.4. The van der Waals surface area contributed by atoms with Gasteiger partial charge in [-0.25, -0.2) is 0 Å². The van der Waals surface area contributed by atoms with Crippen LogP contribution < -0.4 is 5.32 Å². The first kappa shape index (κ1) is 17.0. The Kier molecular flexibility index (Phi) is 6.30. The standard InChI is InChI=1S/C17H21BrClNS/c1-4-9-20-16(15-10-14(18)17(19)21-15)13-7-5-12(6-8-13)11(2)3/h5-8,10-11,16,20H,4,9H2,1-3H3. The summed E-state index contributed by atoms with van der Waals surface area (Å²) in [5, 5.41) is 3.62. The summed E-state index contributed by atoms with van der Waals surface area (Å²) in [5.74, 6) is 0.562. The van der Waals surface area contributed by atoms with Gasteiger partial charge in [0.05, 0.1) is 6.04 Å². The SMILES string of the molecule is CCCNC(c1ccc(C(C)C)cc1)c1cc(Br)c(Cl)s1. The molecule has 21 heavy (non-hydrogen) atoms. The Balaban J connectivity index is 2.30. The summed E-state index contributed by atoms with van der Waals surface area (Å²) < 4.78 is 1.79. The molecular weight excluding hydrogens is 366 g/mol. The summed E-state index contributed by atoms with van der Waals surface area (Å²) in [5.41, 5.74) is 2.66. The molecule has 0 fully saturated rings. The van der Waals surface area contributed by atoms with Gasteiger partial charge in [-0.05, 0) is 52.0 Å². The third-order valence-electron chi connectivity index (χ3n) is 3.48. The van der Waals surface area contributed by atoms with E-state index in [0.717, 1.165) is 21.8 Å². The van der Waals surface area contributed by atoms with Crippen LogP contribution in [0.2, 0.25) is 4.34 Å². The van der Waals surface area contributed by atoms with Gasteiger partial charge in [0, 0.05) is 9.35 Å². The van der Waals surface area contributed by atoms with Crippen LogP contribution in [0.3, 0.4) is 0 Å². The molecule has 1 nitrogen and oxygen atoms in total. The maximum Gasteiger partial charge on any atom is 0.107 e. The van der Waals surface area contributed by atoms with Crippen molar-refractivity contribution in [2.24, 2.45) is 0 Å². The number of hydrogen-bond donors (Lipinski definition) is 1. The summed E-state index contributed by atoms with van der Waals surface area (Å²) in [7, 11) is 0. The highest BCUT2D eigenvalue weighted by Crippen LogP contribution is 2.37. The normalized spacial score (nSPS) is 12.9. The molecule has 0 aliphatic heterocycles. The van der Waals surface area contributed by atoms with Crippen molar-refractivity contribution >= 4 is 38.9 Å². The zero-order valence-corrected chi connectivity index (χ0v) is 15.8. The Morgan fingerprint density at radius 1 is 1.19 bits per heavy atom. The molecule has 1 unspecified atom stereocenters. The Morgan fingerprint density at radius 3 is 2.29 bits per heavy atom. The second kappa shape index (κ2) is 7.77. The average molecular weight is 387 g/mol. The molecule has 1 atom stereocenters. The molecule has 0 saturated heterocycles. The largest absolute Gasteiger partial charge is 0.306 e. The number of benzene rings is 1. The van der Waals surface area contributed by atoms with Crippen LogP contribution in [-0.2, 0) is 0 Å². The first-order valence-electron chi connectivity index (χ1n) is 7.30. The van der Waals surface area contributed by atoms with Gasteiger partial charge in [0.25, 0.3) is 0 Å². The fourth-order valence-electron chi connectivity index (χ4n) is 2.25. The molecule has 2 rings (SSSR count). The molecule has 0 aliphatic carbocycles. The Bertz CT molecular complexity index is 557. The van der Waals surface area contributed by atoms with Gasteiger partial charge in [-0.3, -0.25) is 0 Å². The van der Waals surface area contributed by atoms with Crippen LogP contribution in [0, 0.1) is 0 Å². The van der Waals surface area contributed by atoms with Gasteiger partial charge >= 0.3 is 0 Å². The second-order valence-electron chi connectivity index (χ2n) is 5.48. The van der Waals surface area contributed by atoms with Gasteiger partial charge < -0.3 is 5.32 Å². The smallest absolute Gasteiger partial charge is 0.107 e. The summed E-state index contributed by atoms with van der Waals surface area (Å²) >= 11 is 11.3. The summed E-state index contributed by atoms with van der Waals surface area (Å²) in [6.07, 6.45) is 1.11. The van der Waals surface area contributed by atoms with Crippen molar-refractivity contribution in [3.8, 4) is 0 Å². The molecule has 2 aromatic rings. The van der Waals surface area contributed by atoms with Crippen LogP contribution in [0.5, 0.6) is 0 Å². The van der Waals surface area contributed by atoms with E-state index in [0.29, 0.717) is 5.92 Å². The number of rotatable bonds is 6. The van der Waals surface area contributed by atoms with Crippen molar-refractivity contribution in [3.63, 3.8) is 0 Å². The zero-order valence-electron chi connectivity index (χ0n) is 12.6. The molecule has 0 radical (unpaired) electrons. The van der Waals surface area contributed by atoms with Crippen LogP contribution >= 0.6 is 38.9 Å². The lowest BCUT2D eigenvalue weighted by atomic mass is 9.98. The summed E-state index contributed by atoms with van der Waals surface area (Å²) in [4.78, 5) is 1.25. The van der Waals surface area contributed by atoms with Crippen LogP contribution in [0.4, 0.5) is 0 Å². The van der Waals surface area contributed by atoms with E-state index in [1.54, 1.807) is 11.3 Å². The maximum atomic E-state index is 6.21. The minimum Gasteiger partial charge on any atom is -0.306 e. The van der Waals surface area contributed by atoms with Crippen molar-refractivity contribution in [2.45, 2.75) is 39.2 Å². The molecule has 0 aliphatic rings.